The third-order valence-corrected chi connectivity index (χ3v) is 4.76. The van der Waals surface area contributed by atoms with Crippen molar-refractivity contribution in [2.75, 3.05) is 18.1 Å². The number of amides is 1. The summed E-state index contributed by atoms with van der Waals surface area (Å²) < 4.78 is 5.72. The van der Waals surface area contributed by atoms with Crippen LogP contribution in [0.25, 0.3) is 0 Å². The lowest BCUT2D eigenvalue weighted by Crippen LogP contribution is -2.33. The molecular formula is C18H15Cl2NO3. The van der Waals surface area contributed by atoms with Gasteiger partial charge in [-0.25, -0.2) is 0 Å². The van der Waals surface area contributed by atoms with Crippen LogP contribution in [-0.2, 0) is 4.79 Å². The van der Waals surface area contributed by atoms with Gasteiger partial charge in [-0.05, 0) is 55.3 Å². The van der Waals surface area contributed by atoms with E-state index in [2.05, 4.69) is 0 Å². The van der Waals surface area contributed by atoms with Gasteiger partial charge in [-0.3, -0.25) is 9.59 Å². The molecule has 4 nitrogen and oxygen atoms in total. The van der Waals surface area contributed by atoms with E-state index in [1.54, 1.807) is 12.1 Å². The molecule has 124 valence electrons. The molecule has 0 aliphatic carbocycles. The van der Waals surface area contributed by atoms with E-state index < -0.39 is 11.7 Å². The summed E-state index contributed by atoms with van der Waals surface area (Å²) in [6.45, 7) is 4.36. The molecule has 1 aliphatic rings. The number of anilines is 1. The number of halogens is 2. The Morgan fingerprint density at radius 3 is 2.38 bits per heavy atom. The number of hydrogen-bond donors (Lipinski definition) is 0. The van der Waals surface area contributed by atoms with Crippen molar-refractivity contribution in [1.82, 2.24) is 0 Å². The van der Waals surface area contributed by atoms with Crippen LogP contribution >= 0.6 is 23.2 Å². The molecule has 0 N–H and O–H groups in total. The van der Waals surface area contributed by atoms with E-state index in [0.717, 1.165) is 11.1 Å². The summed E-state index contributed by atoms with van der Waals surface area (Å²) in [6, 6.07) is 8.55. The van der Waals surface area contributed by atoms with E-state index in [4.69, 9.17) is 27.9 Å². The quantitative estimate of drug-likeness (QED) is 0.764. The van der Waals surface area contributed by atoms with Crippen LogP contribution in [0.1, 0.15) is 21.5 Å². The Hall–Kier alpha value is -2.04. The van der Waals surface area contributed by atoms with Crippen LogP contribution in [0.5, 0.6) is 5.75 Å². The highest BCUT2D eigenvalue weighted by molar-refractivity contribution is 6.52. The first-order valence-electron chi connectivity index (χ1n) is 7.44. The summed E-state index contributed by atoms with van der Waals surface area (Å²) in [5.41, 5.74) is 2.77. The zero-order valence-electron chi connectivity index (χ0n) is 13.2. The van der Waals surface area contributed by atoms with Crippen LogP contribution < -0.4 is 9.64 Å². The summed E-state index contributed by atoms with van der Waals surface area (Å²) in [4.78, 5) is 25.6. The first kappa shape index (κ1) is 16.8. The van der Waals surface area contributed by atoms with E-state index in [1.165, 1.54) is 11.0 Å². The Balaban J connectivity index is 1.72. The van der Waals surface area contributed by atoms with Gasteiger partial charge in [0.25, 0.3) is 11.7 Å². The summed E-state index contributed by atoms with van der Waals surface area (Å²) in [6.07, 6.45) is 0. The lowest BCUT2D eigenvalue weighted by molar-refractivity contribution is -0.114. The van der Waals surface area contributed by atoms with E-state index in [0.29, 0.717) is 27.0 Å². The second kappa shape index (κ2) is 6.46. The predicted octanol–water partition coefficient (Wildman–Crippen LogP) is 4.22. The Kier molecular flexibility index (Phi) is 4.52. The third kappa shape index (κ3) is 2.99. The molecular weight excluding hydrogens is 349 g/mol. The summed E-state index contributed by atoms with van der Waals surface area (Å²) >= 11 is 12.0. The van der Waals surface area contributed by atoms with Gasteiger partial charge in [-0.1, -0.05) is 23.2 Å². The molecule has 6 heteroatoms. The van der Waals surface area contributed by atoms with Crippen molar-refractivity contribution >= 4 is 40.6 Å². The molecule has 1 aliphatic heterocycles. The van der Waals surface area contributed by atoms with Crippen LogP contribution in [0.15, 0.2) is 30.3 Å². The van der Waals surface area contributed by atoms with Crippen LogP contribution in [0.3, 0.4) is 0 Å². The fourth-order valence-electron chi connectivity index (χ4n) is 2.74. The topological polar surface area (TPSA) is 46.6 Å². The SMILES string of the molecule is Cc1cc(OCCN2C(=O)C(=O)c3cc(Cl)ccc32)cc(C)c1Cl. The number of carbonyl (C=O) groups is 2. The van der Waals surface area contributed by atoms with Gasteiger partial charge in [-0.2, -0.15) is 0 Å². The van der Waals surface area contributed by atoms with Crippen molar-refractivity contribution in [2.45, 2.75) is 13.8 Å². The first-order chi connectivity index (χ1) is 11.4. The van der Waals surface area contributed by atoms with Gasteiger partial charge in [0, 0.05) is 10.0 Å². The molecule has 0 spiro atoms. The van der Waals surface area contributed by atoms with Gasteiger partial charge in [0.2, 0.25) is 0 Å². The molecule has 1 amide bonds. The van der Waals surface area contributed by atoms with Gasteiger partial charge in [0.1, 0.15) is 12.4 Å². The highest BCUT2D eigenvalue weighted by atomic mass is 35.5. The summed E-state index contributed by atoms with van der Waals surface area (Å²) in [5, 5.41) is 1.15. The number of aryl methyl sites for hydroxylation is 2. The predicted molar refractivity (Wildman–Crippen MR) is 94.6 cm³/mol. The number of fused-ring (bicyclic) bond motifs is 1. The van der Waals surface area contributed by atoms with Crippen molar-refractivity contribution in [2.24, 2.45) is 0 Å². The molecule has 2 aromatic carbocycles. The van der Waals surface area contributed by atoms with Crippen molar-refractivity contribution in [3.8, 4) is 5.75 Å². The molecule has 24 heavy (non-hydrogen) atoms. The number of rotatable bonds is 4. The second-order valence-corrected chi connectivity index (χ2v) is 6.48. The Morgan fingerprint density at radius 1 is 1.04 bits per heavy atom. The minimum absolute atomic E-state index is 0.265. The molecule has 0 fully saturated rings. The minimum Gasteiger partial charge on any atom is -0.492 e. The normalized spacial score (nSPS) is 13.4. The molecule has 2 aromatic rings. The fraction of sp³-hybridized carbons (Fsp3) is 0.222. The van der Waals surface area contributed by atoms with Gasteiger partial charge in [-0.15, -0.1) is 0 Å². The average molecular weight is 364 g/mol. The lowest BCUT2D eigenvalue weighted by atomic mass is 10.1. The third-order valence-electron chi connectivity index (χ3n) is 3.93. The second-order valence-electron chi connectivity index (χ2n) is 5.67. The molecule has 1 heterocycles. The maximum atomic E-state index is 12.1. The maximum absolute atomic E-state index is 12.1. The number of carbonyl (C=O) groups excluding carboxylic acids is 2. The highest BCUT2D eigenvalue weighted by Crippen LogP contribution is 2.31. The monoisotopic (exact) mass is 363 g/mol. The van der Waals surface area contributed by atoms with Crippen molar-refractivity contribution < 1.29 is 14.3 Å². The van der Waals surface area contributed by atoms with Gasteiger partial charge >= 0.3 is 0 Å². The van der Waals surface area contributed by atoms with Gasteiger partial charge < -0.3 is 9.64 Å². The smallest absolute Gasteiger partial charge is 0.299 e. The Morgan fingerprint density at radius 2 is 1.71 bits per heavy atom. The molecule has 0 saturated carbocycles. The van der Waals surface area contributed by atoms with Crippen molar-refractivity contribution in [1.29, 1.82) is 0 Å². The number of ether oxygens (including phenoxy) is 1. The van der Waals surface area contributed by atoms with E-state index in [-0.39, 0.29) is 13.2 Å². The average Bonchev–Trinajstić information content (AvgIpc) is 2.77. The number of benzene rings is 2. The Labute approximate surface area is 149 Å². The van der Waals surface area contributed by atoms with Crippen LogP contribution in [0, 0.1) is 13.8 Å². The van der Waals surface area contributed by atoms with Crippen LogP contribution in [0.2, 0.25) is 10.0 Å². The first-order valence-corrected chi connectivity index (χ1v) is 8.19. The molecule has 0 saturated heterocycles. The number of nitrogens with zero attached hydrogens (tertiary/aromatic N) is 1. The summed E-state index contributed by atoms with van der Waals surface area (Å²) in [7, 11) is 0. The molecule has 0 radical (unpaired) electrons. The summed E-state index contributed by atoms with van der Waals surface area (Å²) in [5.74, 6) is -0.409. The molecule has 3 rings (SSSR count). The zero-order chi connectivity index (χ0) is 17.4. The zero-order valence-corrected chi connectivity index (χ0v) is 14.7. The number of ketones is 1. The molecule has 0 bridgehead atoms. The van der Waals surface area contributed by atoms with E-state index >= 15 is 0 Å². The number of Topliss-reactive ketones (excluding diaryl/α,β-unsaturated/α-hetero) is 1. The molecule has 0 atom stereocenters. The Bertz CT molecular complexity index is 825. The van der Waals surface area contributed by atoms with E-state index in [9.17, 15) is 9.59 Å². The minimum atomic E-state index is -0.556. The highest BCUT2D eigenvalue weighted by Gasteiger charge is 2.35. The molecule has 0 unspecified atom stereocenters. The van der Waals surface area contributed by atoms with Crippen molar-refractivity contribution in [3.63, 3.8) is 0 Å². The molecule has 0 aromatic heterocycles. The van der Waals surface area contributed by atoms with Crippen molar-refractivity contribution in [3.05, 3.63) is 57.1 Å². The fourth-order valence-corrected chi connectivity index (χ4v) is 3.02. The van der Waals surface area contributed by atoms with Crippen LogP contribution in [-0.4, -0.2) is 24.8 Å². The van der Waals surface area contributed by atoms with Gasteiger partial charge in [0.15, 0.2) is 0 Å². The van der Waals surface area contributed by atoms with Crippen LogP contribution in [0.4, 0.5) is 5.69 Å². The van der Waals surface area contributed by atoms with Gasteiger partial charge in [0.05, 0.1) is 17.8 Å². The standard InChI is InChI=1S/C18H15Cl2NO3/c1-10-7-13(8-11(2)16(10)20)24-6-5-21-15-4-3-12(19)9-14(15)17(22)18(21)23/h3-4,7-9H,5-6H2,1-2H3. The number of hydrogen-bond acceptors (Lipinski definition) is 3. The maximum Gasteiger partial charge on any atom is 0.299 e. The lowest BCUT2D eigenvalue weighted by Gasteiger charge is -2.17. The van der Waals surface area contributed by atoms with E-state index in [1.807, 2.05) is 26.0 Å². The largest absolute Gasteiger partial charge is 0.492 e.